The Hall–Kier alpha value is -2.33. The maximum Gasteiger partial charge on any atom is 0.364 e. The van der Waals surface area contributed by atoms with Crippen molar-refractivity contribution in [1.82, 2.24) is 0 Å². The molecule has 2 aromatic rings. The Labute approximate surface area is 220 Å². The molecule has 4 heteroatoms. The van der Waals surface area contributed by atoms with Crippen molar-refractivity contribution in [2.24, 2.45) is 0 Å². The highest BCUT2D eigenvalue weighted by Gasteiger charge is 2.32. The normalized spacial score (nSPS) is 12.3. The van der Waals surface area contributed by atoms with Crippen LogP contribution >= 0.6 is 0 Å². The Morgan fingerprint density at radius 2 is 1.42 bits per heavy atom. The van der Waals surface area contributed by atoms with Gasteiger partial charge in [0, 0.05) is 12.0 Å². The first kappa shape index (κ1) is 29.9. The van der Waals surface area contributed by atoms with Gasteiger partial charge in [-0.1, -0.05) is 101 Å². The summed E-state index contributed by atoms with van der Waals surface area (Å²) in [5.74, 6) is 0.752. The van der Waals surface area contributed by atoms with Crippen LogP contribution in [0, 0.1) is 0 Å². The number of aryl methyl sites for hydroxylation is 1. The molecule has 0 saturated heterocycles. The highest BCUT2D eigenvalue weighted by Crippen LogP contribution is 2.18. The molecule has 0 radical (unpaired) electrons. The van der Waals surface area contributed by atoms with E-state index in [9.17, 15) is 4.79 Å². The molecule has 2 aromatic carbocycles. The second kappa shape index (κ2) is 17.2. The molecule has 1 atom stereocenters. The number of quaternary nitrogens is 1. The van der Waals surface area contributed by atoms with Crippen LogP contribution in [0.1, 0.15) is 89.2 Å². The largest absolute Gasteiger partial charge is 0.493 e. The van der Waals surface area contributed by atoms with Gasteiger partial charge in [0.1, 0.15) is 12.3 Å². The number of carbonyl (C=O) groups excluding carboxylic acids is 1. The minimum absolute atomic E-state index is 0.154. The minimum atomic E-state index is -0.233. The van der Waals surface area contributed by atoms with Gasteiger partial charge in [-0.15, -0.1) is 0 Å². The molecule has 0 spiro atoms. The van der Waals surface area contributed by atoms with Crippen LogP contribution in [0.3, 0.4) is 0 Å². The lowest BCUT2D eigenvalue weighted by molar-refractivity contribution is -0.917. The molecule has 200 valence electrons. The van der Waals surface area contributed by atoms with E-state index in [2.05, 4.69) is 51.4 Å². The van der Waals surface area contributed by atoms with E-state index >= 15 is 0 Å². The van der Waals surface area contributed by atoms with Gasteiger partial charge in [0.25, 0.3) is 0 Å². The average molecular weight is 497 g/mol. The zero-order valence-electron chi connectivity index (χ0n) is 23.3. The fraction of sp³-hybridized carbons (Fsp3) is 0.594. The number of benzene rings is 2. The lowest BCUT2D eigenvalue weighted by atomic mass is 10.0. The van der Waals surface area contributed by atoms with Crippen molar-refractivity contribution in [2.45, 2.75) is 97.1 Å². The summed E-state index contributed by atoms with van der Waals surface area (Å²) < 4.78 is 12.1. The fourth-order valence-electron chi connectivity index (χ4n) is 4.45. The highest BCUT2D eigenvalue weighted by atomic mass is 16.5. The predicted molar refractivity (Wildman–Crippen MR) is 150 cm³/mol. The highest BCUT2D eigenvalue weighted by molar-refractivity contribution is 5.74. The number of hydrogen-bond donors (Lipinski definition) is 0. The van der Waals surface area contributed by atoms with E-state index in [4.69, 9.17) is 9.47 Å². The number of ether oxygens (including phenoxy) is 2. The summed E-state index contributed by atoms with van der Waals surface area (Å²) >= 11 is 0. The standard InChI is InChI=1S/C32H50NO3/c1-5-6-7-8-9-10-11-12-14-19-29-22-17-23-31(26-29)35-24-18-25-36-32(34)28(2)33(3,4)27-30-20-15-13-16-21-30/h13,15-17,20-23,26,28H,5-12,14,18-19,24-25,27H2,1-4H3/q+1. The van der Waals surface area contributed by atoms with E-state index < -0.39 is 0 Å². The summed E-state index contributed by atoms with van der Waals surface area (Å²) in [6.45, 7) is 5.93. The maximum absolute atomic E-state index is 12.6. The second-order valence-electron chi connectivity index (χ2n) is 10.7. The molecular formula is C32H50NO3+. The van der Waals surface area contributed by atoms with Crippen LogP contribution in [0.5, 0.6) is 5.75 Å². The molecule has 0 amide bonds. The third-order valence-corrected chi connectivity index (χ3v) is 7.09. The zero-order chi connectivity index (χ0) is 26.1. The Kier molecular flexibility index (Phi) is 14.3. The summed E-state index contributed by atoms with van der Waals surface area (Å²) in [6.07, 6.45) is 14.0. The first-order chi connectivity index (χ1) is 17.4. The third kappa shape index (κ3) is 12.1. The monoisotopic (exact) mass is 496 g/mol. The summed E-state index contributed by atoms with van der Waals surface area (Å²) in [6, 6.07) is 18.5. The third-order valence-electron chi connectivity index (χ3n) is 7.09. The summed E-state index contributed by atoms with van der Waals surface area (Å²) in [7, 11) is 4.15. The van der Waals surface area contributed by atoms with Gasteiger partial charge in [-0.3, -0.25) is 0 Å². The number of unbranched alkanes of at least 4 members (excludes halogenated alkanes) is 8. The molecule has 0 aromatic heterocycles. The van der Waals surface area contributed by atoms with Crippen LogP contribution in [0.4, 0.5) is 0 Å². The van der Waals surface area contributed by atoms with Crippen molar-refractivity contribution >= 4 is 5.97 Å². The van der Waals surface area contributed by atoms with Gasteiger partial charge in [-0.2, -0.15) is 0 Å². The fourth-order valence-corrected chi connectivity index (χ4v) is 4.45. The van der Waals surface area contributed by atoms with Crippen LogP contribution in [0.25, 0.3) is 0 Å². The van der Waals surface area contributed by atoms with Crippen molar-refractivity contribution < 1.29 is 18.8 Å². The summed E-state index contributed by atoms with van der Waals surface area (Å²) in [5.41, 5.74) is 2.56. The van der Waals surface area contributed by atoms with Crippen LogP contribution in [-0.4, -0.2) is 43.8 Å². The molecule has 1 unspecified atom stereocenters. The summed E-state index contributed by atoms with van der Waals surface area (Å²) in [5, 5.41) is 0. The SMILES string of the molecule is CCCCCCCCCCCc1cccc(OCCCOC(=O)C(C)[N+](C)(C)Cc2ccccc2)c1. The lowest BCUT2D eigenvalue weighted by Gasteiger charge is -2.34. The van der Waals surface area contributed by atoms with Crippen molar-refractivity contribution in [3.63, 3.8) is 0 Å². The van der Waals surface area contributed by atoms with Gasteiger partial charge in [0.15, 0.2) is 6.04 Å². The van der Waals surface area contributed by atoms with E-state index in [1.54, 1.807) is 0 Å². The van der Waals surface area contributed by atoms with Gasteiger partial charge >= 0.3 is 5.97 Å². The Balaban J connectivity index is 1.59. The second-order valence-corrected chi connectivity index (χ2v) is 10.7. The molecule has 0 aliphatic rings. The van der Waals surface area contributed by atoms with Crippen molar-refractivity contribution in [1.29, 1.82) is 0 Å². The lowest BCUT2D eigenvalue weighted by Crippen LogP contribution is -2.51. The van der Waals surface area contributed by atoms with Crippen LogP contribution in [0.15, 0.2) is 54.6 Å². The number of nitrogens with zero attached hydrogens (tertiary/aromatic N) is 1. The van der Waals surface area contributed by atoms with Crippen molar-refractivity contribution in [3.8, 4) is 5.75 Å². The molecule has 0 heterocycles. The predicted octanol–water partition coefficient (Wildman–Crippen LogP) is 7.74. The Morgan fingerprint density at radius 3 is 2.11 bits per heavy atom. The molecule has 0 fully saturated rings. The van der Waals surface area contributed by atoms with Gasteiger partial charge in [-0.05, 0) is 37.5 Å². The number of carbonyl (C=O) groups is 1. The van der Waals surface area contributed by atoms with Gasteiger partial charge in [0.2, 0.25) is 0 Å². The van der Waals surface area contributed by atoms with Crippen molar-refractivity contribution in [3.05, 3.63) is 65.7 Å². The van der Waals surface area contributed by atoms with E-state index in [1.807, 2.05) is 31.2 Å². The molecular weight excluding hydrogens is 446 g/mol. The zero-order valence-corrected chi connectivity index (χ0v) is 23.3. The first-order valence-electron chi connectivity index (χ1n) is 14.2. The van der Waals surface area contributed by atoms with Gasteiger partial charge < -0.3 is 14.0 Å². The molecule has 0 bridgehead atoms. The quantitative estimate of drug-likeness (QED) is 0.113. The Morgan fingerprint density at radius 1 is 0.778 bits per heavy atom. The maximum atomic E-state index is 12.6. The van der Waals surface area contributed by atoms with Crippen LogP contribution in [0.2, 0.25) is 0 Å². The average Bonchev–Trinajstić information content (AvgIpc) is 2.87. The van der Waals surface area contributed by atoms with Crippen molar-refractivity contribution in [2.75, 3.05) is 27.3 Å². The van der Waals surface area contributed by atoms with E-state index in [1.165, 1.54) is 68.9 Å². The molecule has 0 aliphatic heterocycles. The molecule has 0 N–H and O–H groups in total. The topological polar surface area (TPSA) is 35.5 Å². The number of esters is 1. The number of rotatable bonds is 19. The molecule has 0 saturated carbocycles. The van der Waals surface area contributed by atoms with Gasteiger partial charge in [-0.25, -0.2) is 4.79 Å². The minimum Gasteiger partial charge on any atom is -0.493 e. The first-order valence-corrected chi connectivity index (χ1v) is 14.2. The Bertz CT molecular complexity index is 849. The van der Waals surface area contributed by atoms with Crippen LogP contribution < -0.4 is 4.74 Å². The van der Waals surface area contributed by atoms with E-state index in [0.29, 0.717) is 24.1 Å². The summed E-state index contributed by atoms with van der Waals surface area (Å²) in [4.78, 5) is 12.6. The molecule has 4 nitrogen and oxygen atoms in total. The van der Waals surface area contributed by atoms with E-state index in [0.717, 1.165) is 18.7 Å². The number of likely N-dealkylation sites (N-methyl/N-ethyl adjacent to an activating group) is 1. The van der Waals surface area contributed by atoms with Gasteiger partial charge in [0.05, 0.1) is 27.3 Å². The molecule has 36 heavy (non-hydrogen) atoms. The van der Waals surface area contributed by atoms with E-state index in [-0.39, 0.29) is 12.0 Å². The number of hydrogen-bond acceptors (Lipinski definition) is 3. The smallest absolute Gasteiger partial charge is 0.364 e. The van der Waals surface area contributed by atoms with Crippen LogP contribution in [-0.2, 0) is 22.5 Å². The molecule has 0 aliphatic carbocycles. The molecule has 2 rings (SSSR count).